The fourth-order valence-corrected chi connectivity index (χ4v) is 4.13. The van der Waals surface area contributed by atoms with Gasteiger partial charge in [0, 0.05) is 24.9 Å². The van der Waals surface area contributed by atoms with E-state index in [2.05, 4.69) is 22.8 Å². The van der Waals surface area contributed by atoms with Crippen LogP contribution in [-0.2, 0) is 14.3 Å². The molecule has 0 spiro atoms. The van der Waals surface area contributed by atoms with Gasteiger partial charge in [0.25, 0.3) is 0 Å². The Labute approximate surface area is 193 Å². The molecule has 2 amide bonds. The first kappa shape index (κ1) is 24.3. The van der Waals surface area contributed by atoms with Crippen molar-refractivity contribution in [1.82, 2.24) is 15.5 Å². The molecular weight excluding hydrogens is 422 g/mol. The minimum Gasteiger partial charge on any atom is -0.480 e. The quantitative estimate of drug-likeness (QED) is 0.511. The van der Waals surface area contributed by atoms with Crippen LogP contribution in [0, 0.1) is 0 Å². The maximum Gasteiger partial charge on any atom is 0.407 e. The number of benzene rings is 2. The molecule has 1 aliphatic carbocycles. The second-order valence-corrected chi connectivity index (χ2v) is 8.50. The highest BCUT2D eigenvalue weighted by atomic mass is 16.5. The van der Waals surface area contributed by atoms with Gasteiger partial charge in [-0.3, -0.25) is 4.79 Å². The molecule has 0 aliphatic heterocycles. The molecule has 3 rings (SSSR count). The number of hydrogen-bond donors (Lipinski definition) is 3. The molecule has 0 saturated heterocycles. The highest BCUT2D eigenvalue weighted by Gasteiger charge is 2.29. The second kappa shape index (κ2) is 11.0. The number of rotatable bonds is 10. The van der Waals surface area contributed by atoms with Crippen LogP contribution < -0.4 is 10.6 Å². The van der Waals surface area contributed by atoms with Crippen molar-refractivity contribution in [2.45, 2.75) is 37.8 Å². The topological polar surface area (TPSA) is 108 Å². The van der Waals surface area contributed by atoms with Crippen molar-refractivity contribution in [3.05, 3.63) is 59.7 Å². The number of aliphatic carboxylic acids is 1. The molecule has 3 N–H and O–H groups in total. The molecule has 0 bridgehead atoms. The van der Waals surface area contributed by atoms with Gasteiger partial charge in [-0.05, 0) is 42.8 Å². The minimum absolute atomic E-state index is 0.0299. The van der Waals surface area contributed by atoms with Crippen LogP contribution in [-0.4, -0.2) is 67.3 Å². The molecule has 1 aliphatic rings. The number of carboxylic acid groups (broad SMARTS) is 1. The van der Waals surface area contributed by atoms with Gasteiger partial charge in [-0.15, -0.1) is 0 Å². The first-order chi connectivity index (χ1) is 15.8. The summed E-state index contributed by atoms with van der Waals surface area (Å²) in [4.78, 5) is 37.9. The summed E-state index contributed by atoms with van der Waals surface area (Å²) >= 11 is 0. The maximum absolute atomic E-state index is 12.5. The third-order valence-corrected chi connectivity index (χ3v) is 5.77. The van der Waals surface area contributed by atoms with E-state index in [0.29, 0.717) is 6.42 Å². The Hall–Kier alpha value is -3.39. The number of carbonyl (C=O) groups excluding carboxylic acids is 2. The summed E-state index contributed by atoms with van der Waals surface area (Å²) in [7, 11) is 3.46. The predicted molar refractivity (Wildman–Crippen MR) is 125 cm³/mol. The van der Waals surface area contributed by atoms with Gasteiger partial charge in [-0.25, -0.2) is 9.59 Å². The number of hydrogen-bond acceptors (Lipinski definition) is 5. The fraction of sp³-hybridized carbons (Fsp3) is 0.400. The highest BCUT2D eigenvalue weighted by Crippen LogP contribution is 2.44. The van der Waals surface area contributed by atoms with Crippen LogP contribution in [0.3, 0.4) is 0 Å². The smallest absolute Gasteiger partial charge is 0.407 e. The number of fused-ring (bicyclic) bond motifs is 3. The lowest BCUT2D eigenvalue weighted by molar-refractivity contribution is -0.142. The summed E-state index contributed by atoms with van der Waals surface area (Å²) in [6.45, 7) is 2.21. The normalized spacial score (nSPS) is 14.2. The number of carboxylic acids is 1. The van der Waals surface area contributed by atoms with Crippen LogP contribution in [0.2, 0.25) is 0 Å². The van der Waals surface area contributed by atoms with E-state index in [0.717, 1.165) is 22.3 Å². The molecule has 0 heterocycles. The Bertz CT molecular complexity index is 962. The lowest BCUT2D eigenvalue weighted by Crippen LogP contribution is -2.48. The summed E-state index contributed by atoms with van der Waals surface area (Å²) < 4.78 is 5.54. The van der Waals surface area contributed by atoms with E-state index >= 15 is 0 Å². The van der Waals surface area contributed by atoms with Crippen LogP contribution in [0.5, 0.6) is 0 Å². The van der Waals surface area contributed by atoms with E-state index in [1.165, 1.54) is 0 Å². The standard InChI is InChI=1S/C25H31N3O5/c1-4-16(13-23(29)27-22(24(30)31)14-28(2)3)26-25(32)33-15-21-19-11-7-5-9-17(19)18-10-6-8-12-20(18)21/h5-12,16,21-22H,4,13-15H2,1-3H3,(H,26,32)(H,27,29)(H,30,31)/t16-,22-/m0/s1. The van der Waals surface area contributed by atoms with E-state index in [4.69, 9.17) is 4.74 Å². The van der Waals surface area contributed by atoms with Crippen LogP contribution in [0.15, 0.2) is 48.5 Å². The largest absolute Gasteiger partial charge is 0.480 e. The van der Waals surface area contributed by atoms with Crippen molar-refractivity contribution in [3.63, 3.8) is 0 Å². The Morgan fingerprint density at radius 2 is 1.58 bits per heavy atom. The number of ether oxygens (including phenoxy) is 1. The summed E-state index contributed by atoms with van der Waals surface area (Å²) in [6, 6.07) is 14.7. The highest BCUT2D eigenvalue weighted by molar-refractivity contribution is 5.84. The molecule has 0 fully saturated rings. The Morgan fingerprint density at radius 1 is 1.00 bits per heavy atom. The number of nitrogens with one attached hydrogen (secondary N) is 2. The molecular formula is C25H31N3O5. The number of alkyl carbamates (subject to hydrolysis) is 1. The van der Waals surface area contributed by atoms with Crippen LogP contribution in [0.4, 0.5) is 4.79 Å². The van der Waals surface area contributed by atoms with Crippen molar-refractivity contribution in [1.29, 1.82) is 0 Å². The Morgan fingerprint density at radius 3 is 2.09 bits per heavy atom. The van der Waals surface area contributed by atoms with Crippen molar-refractivity contribution in [2.75, 3.05) is 27.2 Å². The lowest BCUT2D eigenvalue weighted by Gasteiger charge is -2.21. The zero-order valence-corrected chi connectivity index (χ0v) is 19.2. The molecule has 33 heavy (non-hydrogen) atoms. The van der Waals surface area contributed by atoms with Gasteiger partial charge in [-0.1, -0.05) is 55.5 Å². The molecule has 0 saturated carbocycles. The van der Waals surface area contributed by atoms with Gasteiger partial charge in [0.1, 0.15) is 12.6 Å². The lowest BCUT2D eigenvalue weighted by atomic mass is 9.98. The SMILES string of the molecule is CC[C@@H](CC(=O)N[C@@H](CN(C)C)C(=O)O)NC(=O)OCC1c2ccccc2-c2ccccc21. The number of amides is 2. The van der Waals surface area contributed by atoms with Crippen molar-refractivity contribution >= 4 is 18.0 Å². The maximum atomic E-state index is 12.5. The zero-order chi connectivity index (χ0) is 24.0. The van der Waals surface area contributed by atoms with Gasteiger partial charge < -0.3 is 25.4 Å². The van der Waals surface area contributed by atoms with Gasteiger partial charge in [-0.2, -0.15) is 0 Å². The Balaban J connectivity index is 1.55. The fourth-order valence-electron chi connectivity index (χ4n) is 4.13. The third kappa shape index (κ3) is 6.10. The monoisotopic (exact) mass is 453 g/mol. The first-order valence-electron chi connectivity index (χ1n) is 11.1. The number of nitrogens with zero attached hydrogens (tertiary/aromatic N) is 1. The van der Waals surface area contributed by atoms with Gasteiger partial charge in [0.15, 0.2) is 0 Å². The zero-order valence-electron chi connectivity index (χ0n) is 19.2. The first-order valence-corrected chi connectivity index (χ1v) is 11.1. The average Bonchev–Trinajstić information content (AvgIpc) is 3.10. The van der Waals surface area contributed by atoms with Crippen molar-refractivity contribution in [3.8, 4) is 11.1 Å². The molecule has 0 aromatic heterocycles. The van der Waals surface area contributed by atoms with E-state index in [1.54, 1.807) is 19.0 Å². The summed E-state index contributed by atoms with van der Waals surface area (Å²) in [5, 5.41) is 14.5. The van der Waals surface area contributed by atoms with Crippen LogP contribution >= 0.6 is 0 Å². The Kier molecular flexibility index (Phi) is 8.06. The van der Waals surface area contributed by atoms with Gasteiger partial charge >= 0.3 is 12.1 Å². The second-order valence-electron chi connectivity index (χ2n) is 8.50. The van der Waals surface area contributed by atoms with Gasteiger partial charge in [0.05, 0.1) is 0 Å². The summed E-state index contributed by atoms with van der Waals surface area (Å²) in [5.41, 5.74) is 4.55. The molecule has 176 valence electrons. The molecule has 2 aromatic rings. The minimum atomic E-state index is -1.10. The van der Waals surface area contributed by atoms with Crippen molar-refractivity contribution in [2.24, 2.45) is 0 Å². The van der Waals surface area contributed by atoms with Crippen LogP contribution in [0.1, 0.15) is 36.8 Å². The van der Waals surface area contributed by atoms with E-state index in [9.17, 15) is 19.5 Å². The van der Waals surface area contributed by atoms with E-state index in [-0.39, 0.29) is 25.5 Å². The summed E-state index contributed by atoms with van der Waals surface area (Å²) in [6.07, 6.45) is -0.124. The molecule has 0 radical (unpaired) electrons. The average molecular weight is 454 g/mol. The molecule has 2 atom stereocenters. The predicted octanol–water partition coefficient (Wildman–Crippen LogP) is 2.82. The van der Waals surface area contributed by atoms with Crippen LogP contribution in [0.25, 0.3) is 11.1 Å². The van der Waals surface area contributed by atoms with Gasteiger partial charge in [0.2, 0.25) is 5.91 Å². The molecule has 0 unspecified atom stereocenters. The van der Waals surface area contributed by atoms with E-state index < -0.39 is 30.1 Å². The molecule has 8 heteroatoms. The third-order valence-electron chi connectivity index (χ3n) is 5.77. The number of carbonyl (C=O) groups is 3. The molecule has 8 nitrogen and oxygen atoms in total. The number of likely N-dealkylation sites (N-methyl/N-ethyl adjacent to an activating group) is 1. The summed E-state index contributed by atoms with van der Waals surface area (Å²) in [5.74, 6) is -1.58. The van der Waals surface area contributed by atoms with E-state index in [1.807, 2.05) is 43.3 Å². The van der Waals surface area contributed by atoms with Crippen molar-refractivity contribution < 1.29 is 24.2 Å². The molecule has 2 aromatic carbocycles.